The van der Waals surface area contributed by atoms with E-state index < -0.39 is 18.0 Å². The Morgan fingerprint density at radius 1 is 1.40 bits per heavy atom. The Morgan fingerprint density at radius 3 is 2.85 bits per heavy atom. The molecule has 20 heavy (non-hydrogen) atoms. The van der Waals surface area contributed by atoms with Crippen LogP contribution in [0.15, 0.2) is 24.4 Å². The lowest BCUT2D eigenvalue weighted by molar-refractivity contribution is -0.159. The first-order valence-electron chi connectivity index (χ1n) is 6.00. The van der Waals surface area contributed by atoms with Gasteiger partial charge in [-0.3, -0.25) is 4.79 Å². The highest BCUT2D eigenvalue weighted by atomic mass is 16.6. The molecule has 7 heteroatoms. The number of hydrogen-bond donors (Lipinski definition) is 4. The average Bonchev–Trinajstić information content (AvgIpc) is 2.81. The molecule has 1 atom stereocenters. The van der Waals surface area contributed by atoms with Gasteiger partial charge in [0.2, 0.25) is 0 Å². The number of aromatic hydroxyl groups is 1. The summed E-state index contributed by atoms with van der Waals surface area (Å²) in [5, 5.41) is 10.2. The predicted octanol–water partition coefficient (Wildman–Crippen LogP) is -0.228. The SMILES string of the molecule is NCC(=O)OC(=O)[C@@H](N)Cc1c[nH]c2ccc(O)cc12. The molecule has 0 aliphatic rings. The molecule has 106 valence electrons. The Kier molecular flexibility index (Phi) is 4.02. The molecule has 1 heterocycles. The van der Waals surface area contributed by atoms with Crippen molar-refractivity contribution in [2.75, 3.05) is 6.54 Å². The number of aromatic amines is 1. The van der Waals surface area contributed by atoms with Gasteiger partial charge in [-0.25, -0.2) is 4.79 Å². The van der Waals surface area contributed by atoms with E-state index in [0.717, 1.165) is 16.5 Å². The highest BCUT2D eigenvalue weighted by Gasteiger charge is 2.20. The van der Waals surface area contributed by atoms with Crippen LogP contribution in [0.5, 0.6) is 5.75 Å². The van der Waals surface area contributed by atoms with E-state index in [4.69, 9.17) is 11.5 Å². The van der Waals surface area contributed by atoms with Gasteiger partial charge in [-0.2, -0.15) is 0 Å². The van der Waals surface area contributed by atoms with Crippen LogP contribution in [0.3, 0.4) is 0 Å². The number of phenolic OH excluding ortho intramolecular Hbond substituents is 1. The minimum Gasteiger partial charge on any atom is -0.508 e. The Labute approximate surface area is 114 Å². The van der Waals surface area contributed by atoms with Crippen LogP contribution in [0.1, 0.15) is 5.56 Å². The Hall–Kier alpha value is -2.38. The molecular formula is C13H15N3O4. The zero-order chi connectivity index (χ0) is 14.7. The van der Waals surface area contributed by atoms with Gasteiger partial charge in [0.25, 0.3) is 0 Å². The highest BCUT2D eigenvalue weighted by molar-refractivity contribution is 5.90. The van der Waals surface area contributed by atoms with Crippen molar-refractivity contribution in [3.63, 3.8) is 0 Å². The number of esters is 2. The van der Waals surface area contributed by atoms with Gasteiger partial charge >= 0.3 is 11.9 Å². The molecule has 0 fully saturated rings. The van der Waals surface area contributed by atoms with Crippen molar-refractivity contribution in [1.82, 2.24) is 4.98 Å². The number of nitrogens with two attached hydrogens (primary N) is 2. The van der Waals surface area contributed by atoms with E-state index in [9.17, 15) is 14.7 Å². The third-order valence-corrected chi connectivity index (χ3v) is 2.87. The average molecular weight is 277 g/mol. The molecule has 0 radical (unpaired) electrons. The third kappa shape index (κ3) is 2.95. The summed E-state index contributed by atoms with van der Waals surface area (Å²) < 4.78 is 4.46. The number of phenols is 1. The summed E-state index contributed by atoms with van der Waals surface area (Å²) >= 11 is 0. The van der Waals surface area contributed by atoms with E-state index in [-0.39, 0.29) is 18.7 Å². The van der Waals surface area contributed by atoms with Gasteiger partial charge in [0.1, 0.15) is 11.8 Å². The fraction of sp³-hybridized carbons (Fsp3) is 0.231. The first-order chi connectivity index (χ1) is 9.51. The minimum atomic E-state index is -0.980. The number of carbonyl (C=O) groups excluding carboxylic acids is 2. The molecular weight excluding hydrogens is 262 g/mol. The molecule has 0 unspecified atom stereocenters. The molecule has 0 spiro atoms. The first-order valence-corrected chi connectivity index (χ1v) is 6.00. The zero-order valence-electron chi connectivity index (χ0n) is 10.6. The maximum absolute atomic E-state index is 11.6. The standard InChI is InChI=1S/C13H15N3O4/c14-5-12(18)20-13(19)10(15)3-7-6-16-11-2-1-8(17)4-9(7)11/h1-2,4,6,10,16-17H,3,5,14-15H2/t10-/m0/s1. The number of ether oxygens (including phenoxy) is 1. The third-order valence-electron chi connectivity index (χ3n) is 2.87. The summed E-state index contributed by atoms with van der Waals surface area (Å²) in [6.45, 7) is -0.376. The summed E-state index contributed by atoms with van der Waals surface area (Å²) in [5.41, 5.74) is 12.3. The Bertz CT molecular complexity index is 650. The van der Waals surface area contributed by atoms with Gasteiger partial charge in [0.15, 0.2) is 0 Å². The van der Waals surface area contributed by atoms with Gasteiger partial charge in [-0.1, -0.05) is 0 Å². The van der Waals surface area contributed by atoms with Crippen molar-refractivity contribution in [1.29, 1.82) is 0 Å². The van der Waals surface area contributed by atoms with Crippen LogP contribution in [-0.2, 0) is 20.7 Å². The molecule has 6 N–H and O–H groups in total. The van der Waals surface area contributed by atoms with Crippen molar-refractivity contribution < 1.29 is 19.4 Å². The summed E-state index contributed by atoms with van der Waals surface area (Å²) in [5.74, 6) is -1.52. The summed E-state index contributed by atoms with van der Waals surface area (Å²) in [6, 6.07) is 3.86. The van der Waals surface area contributed by atoms with Crippen LogP contribution in [-0.4, -0.2) is 34.6 Å². The highest BCUT2D eigenvalue weighted by Crippen LogP contribution is 2.23. The molecule has 1 aromatic carbocycles. The smallest absolute Gasteiger partial charge is 0.330 e. The van der Waals surface area contributed by atoms with Crippen molar-refractivity contribution >= 4 is 22.8 Å². The number of benzene rings is 1. The largest absolute Gasteiger partial charge is 0.508 e. The molecule has 0 amide bonds. The number of aromatic nitrogens is 1. The second kappa shape index (κ2) is 5.72. The van der Waals surface area contributed by atoms with E-state index in [1.807, 2.05) is 0 Å². The maximum Gasteiger partial charge on any atom is 0.330 e. The monoisotopic (exact) mass is 277 g/mol. The Balaban J connectivity index is 2.13. The fourth-order valence-electron chi connectivity index (χ4n) is 1.89. The predicted molar refractivity (Wildman–Crippen MR) is 71.8 cm³/mol. The second-order valence-corrected chi connectivity index (χ2v) is 4.35. The van der Waals surface area contributed by atoms with Crippen LogP contribution >= 0.6 is 0 Å². The maximum atomic E-state index is 11.6. The number of hydrogen-bond acceptors (Lipinski definition) is 6. The summed E-state index contributed by atoms with van der Waals surface area (Å²) in [6.07, 6.45) is 1.88. The van der Waals surface area contributed by atoms with Crippen molar-refractivity contribution in [2.24, 2.45) is 11.5 Å². The first kappa shape index (κ1) is 14.0. The van der Waals surface area contributed by atoms with Crippen molar-refractivity contribution in [3.8, 4) is 5.75 Å². The number of nitrogens with one attached hydrogen (secondary N) is 1. The number of fused-ring (bicyclic) bond motifs is 1. The molecule has 2 aromatic rings. The van der Waals surface area contributed by atoms with Gasteiger partial charge < -0.3 is 26.3 Å². The summed E-state index contributed by atoms with van der Waals surface area (Å²) in [7, 11) is 0. The van der Waals surface area contributed by atoms with Crippen molar-refractivity contribution in [2.45, 2.75) is 12.5 Å². The van der Waals surface area contributed by atoms with Crippen LogP contribution in [0.2, 0.25) is 0 Å². The van der Waals surface area contributed by atoms with Gasteiger partial charge in [0.05, 0.1) is 6.54 Å². The molecule has 0 saturated carbocycles. The molecule has 2 rings (SSSR count). The zero-order valence-corrected chi connectivity index (χ0v) is 10.6. The topological polar surface area (TPSA) is 131 Å². The number of rotatable bonds is 4. The van der Waals surface area contributed by atoms with Crippen LogP contribution in [0.4, 0.5) is 0 Å². The lowest BCUT2D eigenvalue weighted by atomic mass is 10.1. The number of H-pyrrole nitrogens is 1. The second-order valence-electron chi connectivity index (χ2n) is 4.35. The van der Waals surface area contributed by atoms with Crippen molar-refractivity contribution in [3.05, 3.63) is 30.0 Å². The Morgan fingerprint density at radius 2 is 2.15 bits per heavy atom. The molecule has 0 aliphatic heterocycles. The van der Waals surface area contributed by atoms with Crippen LogP contribution in [0.25, 0.3) is 10.9 Å². The molecule has 1 aromatic heterocycles. The molecule has 0 bridgehead atoms. The van der Waals surface area contributed by atoms with Gasteiger partial charge in [-0.15, -0.1) is 0 Å². The van der Waals surface area contributed by atoms with E-state index in [1.54, 1.807) is 24.4 Å². The van der Waals surface area contributed by atoms with E-state index in [1.165, 1.54) is 0 Å². The van der Waals surface area contributed by atoms with Gasteiger partial charge in [0, 0.05) is 23.5 Å². The normalized spacial score (nSPS) is 12.3. The van der Waals surface area contributed by atoms with Gasteiger partial charge in [-0.05, 0) is 23.8 Å². The van der Waals surface area contributed by atoms with Crippen LogP contribution in [0, 0.1) is 0 Å². The quantitative estimate of drug-likeness (QED) is 0.451. The lowest BCUT2D eigenvalue weighted by Crippen LogP contribution is -2.36. The van der Waals surface area contributed by atoms with E-state index >= 15 is 0 Å². The number of carbonyl (C=O) groups is 2. The fourth-order valence-corrected chi connectivity index (χ4v) is 1.89. The van der Waals surface area contributed by atoms with E-state index in [2.05, 4.69) is 9.72 Å². The molecule has 7 nitrogen and oxygen atoms in total. The molecule has 0 saturated heterocycles. The van der Waals surface area contributed by atoms with E-state index in [0.29, 0.717) is 0 Å². The lowest BCUT2D eigenvalue weighted by Gasteiger charge is -2.09. The summed E-state index contributed by atoms with van der Waals surface area (Å²) in [4.78, 5) is 25.5. The molecule has 0 aliphatic carbocycles. The van der Waals surface area contributed by atoms with Crippen LogP contribution < -0.4 is 11.5 Å². The minimum absolute atomic E-state index is 0.118.